The summed E-state index contributed by atoms with van der Waals surface area (Å²) in [7, 11) is 0. The maximum atomic E-state index is 14.2. The van der Waals surface area contributed by atoms with Crippen LogP contribution in [0.25, 0.3) is 0 Å². The van der Waals surface area contributed by atoms with Crippen LogP contribution in [0.2, 0.25) is 0 Å². The Hall–Kier alpha value is -2.65. The number of thiophene rings is 1. The molecule has 0 spiro atoms. The van der Waals surface area contributed by atoms with E-state index in [1.165, 1.54) is 23.3 Å². The molecule has 4 atom stereocenters. The molecule has 1 aromatic carbocycles. The van der Waals surface area contributed by atoms with Gasteiger partial charge in [-0.05, 0) is 42.7 Å². The van der Waals surface area contributed by atoms with Crippen LogP contribution in [0.3, 0.4) is 0 Å². The molecule has 4 fully saturated rings. The molecule has 3 heterocycles. The van der Waals surface area contributed by atoms with Crippen molar-refractivity contribution in [1.29, 1.82) is 0 Å². The van der Waals surface area contributed by atoms with Crippen LogP contribution in [0.4, 0.5) is 0 Å². The van der Waals surface area contributed by atoms with Crippen LogP contribution in [0.15, 0.2) is 47.2 Å². The van der Waals surface area contributed by atoms with Crippen LogP contribution >= 0.6 is 23.1 Å². The fourth-order valence-corrected chi connectivity index (χ4v) is 8.51. The van der Waals surface area contributed by atoms with E-state index in [0.29, 0.717) is 24.9 Å². The van der Waals surface area contributed by atoms with Gasteiger partial charge in [-0.25, -0.2) is 0 Å². The summed E-state index contributed by atoms with van der Waals surface area (Å²) in [5.41, 5.74) is 0.675. The zero-order chi connectivity index (χ0) is 26.3. The highest BCUT2D eigenvalue weighted by atomic mass is 32.2. The molecule has 2 aromatic rings. The van der Waals surface area contributed by atoms with Crippen molar-refractivity contribution in [3.63, 3.8) is 0 Å². The number of rotatable bonds is 7. The van der Waals surface area contributed by atoms with E-state index in [2.05, 4.69) is 17.4 Å². The summed E-state index contributed by atoms with van der Waals surface area (Å²) in [5.74, 6) is 0.327. The highest BCUT2D eigenvalue weighted by molar-refractivity contribution is 7.99. The lowest BCUT2D eigenvalue weighted by Crippen LogP contribution is -2.55. The van der Waals surface area contributed by atoms with E-state index >= 15 is 0 Å². The van der Waals surface area contributed by atoms with Gasteiger partial charge >= 0.3 is 0 Å². The Morgan fingerprint density at radius 1 is 1.03 bits per heavy atom. The lowest BCUT2D eigenvalue weighted by molar-refractivity contribution is -0.139. The number of benzene rings is 1. The van der Waals surface area contributed by atoms with Crippen molar-refractivity contribution in [3.05, 3.63) is 58.3 Å². The largest absolute Gasteiger partial charge is 0.337 e. The van der Waals surface area contributed by atoms with Gasteiger partial charge in [0, 0.05) is 28.8 Å². The molecule has 2 aliphatic heterocycles. The van der Waals surface area contributed by atoms with Crippen LogP contribution in [0.1, 0.15) is 60.9 Å². The minimum Gasteiger partial charge on any atom is -0.337 e. The number of amides is 3. The second kappa shape index (κ2) is 10.5. The second-order valence-corrected chi connectivity index (χ2v) is 13.0. The van der Waals surface area contributed by atoms with Crippen molar-refractivity contribution < 1.29 is 19.2 Å². The molecule has 2 aliphatic carbocycles. The van der Waals surface area contributed by atoms with Crippen molar-refractivity contribution in [1.82, 2.24) is 15.1 Å². The molecule has 2 saturated heterocycles. The Morgan fingerprint density at radius 3 is 2.55 bits per heavy atom. The number of hydrogen-bond donors (Lipinski definition) is 1. The van der Waals surface area contributed by atoms with Crippen molar-refractivity contribution in [3.8, 4) is 0 Å². The van der Waals surface area contributed by atoms with Gasteiger partial charge in [-0.1, -0.05) is 49.6 Å². The van der Waals surface area contributed by atoms with Gasteiger partial charge in [0.2, 0.25) is 11.8 Å². The number of fused-ring (bicyclic) bond motifs is 1. The summed E-state index contributed by atoms with van der Waals surface area (Å²) in [4.78, 5) is 57.3. The van der Waals surface area contributed by atoms with Crippen molar-refractivity contribution >= 4 is 46.6 Å². The monoisotopic (exact) mass is 551 g/mol. The SMILES string of the molecule is O=C(NC1(C(=O)N2CC[C@@H]3[C@H]2C(=O)CN3C(=O)C2CCCCC2)CC1SCc1ccccc1)c1ccsc1. The van der Waals surface area contributed by atoms with E-state index < -0.39 is 11.6 Å². The number of carbonyl (C=O) groups is 4. The maximum absolute atomic E-state index is 14.2. The Morgan fingerprint density at radius 2 is 1.82 bits per heavy atom. The number of thioether (sulfide) groups is 1. The number of likely N-dealkylation sites (tertiary alicyclic amines) is 2. The minimum atomic E-state index is -1.03. The van der Waals surface area contributed by atoms with E-state index in [1.807, 2.05) is 23.6 Å². The Labute approximate surface area is 231 Å². The zero-order valence-corrected chi connectivity index (χ0v) is 23.0. The second-order valence-electron chi connectivity index (χ2n) is 11.0. The van der Waals surface area contributed by atoms with Crippen LogP contribution in [-0.2, 0) is 20.1 Å². The first-order chi connectivity index (χ1) is 18.5. The molecular formula is C29H33N3O4S2. The summed E-state index contributed by atoms with van der Waals surface area (Å²) in [6, 6.07) is 11.0. The number of nitrogens with zero attached hydrogens (tertiary/aromatic N) is 2. The van der Waals surface area contributed by atoms with Gasteiger partial charge in [-0.2, -0.15) is 23.1 Å². The molecule has 38 heavy (non-hydrogen) atoms. The predicted octanol–water partition coefficient (Wildman–Crippen LogP) is 3.88. The predicted molar refractivity (Wildman–Crippen MR) is 148 cm³/mol. The average Bonchev–Trinajstić information content (AvgIpc) is 3.35. The molecule has 1 aromatic heterocycles. The van der Waals surface area contributed by atoms with Gasteiger partial charge < -0.3 is 15.1 Å². The molecule has 2 unspecified atom stereocenters. The highest BCUT2D eigenvalue weighted by Crippen LogP contribution is 2.50. The van der Waals surface area contributed by atoms with Gasteiger partial charge in [0.15, 0.2) is 5.78 Å². The fourth-order valence-electron chi connectivity index (χ4n) is 6.46. The molecule has 6 rings (SSSR count). The number of carbonyl (C=O) groups excluding carboxylic acids is 4. The quantitative estimate of drug-likeness (QED) is 0.565. The van der Waals surface area contributed by atoms with Crippen molar-refractivity contribution in [2.24, 2.45) is 5.92 Å². The van der Waals surface area contributed by atoms with E-state index in [1.54, 1.807) is 33.0 Å². The van der Waals surface area contributed by atoms with E-state index in [-0.39, 0.29) is 47.3 Å². The lowest BCUT2D eigenvalue weighted by Gasteiger charge is -2.30. The summed E-state index contributed by atoms with van der Waals surface area (Å²) >= 11 is 3.11. The summed E-state index contributed by atoms with van der Waals surface area (Å²) in [6.07, 6.45) is 6.21. The summed E-state index contributed by atoms with van der Waals surface area (Å²) < 4.78 is 0. The topological polar surface area (TPSA) is 86.8 Å². The first-order valence-electron chi connectivity index (χ1n) is 13.6. The third-order valence-electron chi connectivity index (χ3n) is 8.61. The number of nitrogens with one attached hydrogen (secondary N) is 1. The van der Waals surface area contributed by atoms with Crippen LogP contribution < -0.4 is 5.32 Å². The summed E-state index contributed by atoms with van der Waals surface area (Å²) in [6.45, 7) is 0.523. The van der Waals surface area contributed by atoms with Crippen LogP contribution in [0, 0.1) is 5.92 Å². The molecular weight excluding hydrogens is 518 g/mol. The third-order valence-corrected chi connectivity index (χ3v) is 10.8. The van der Waals surface area contributed by atoms with Gasteiger partial charge in [0.05, 0.1) is 18.2 Å². The number of ketones is 1. The number of hydrogen-bond acceptors (Lipinski definition) is 6. The smallest absolute Gasteiger partial charge is 0.253 e. The highest BCUT2D eigenvalue weighted by Gasteiger charge is 2.65. The maximum Gasteiger partial charge on any atom is 0.253 e. The van der Waals surface area contributed by atoms with Gasteiger partial charge in [-0.3, -0.25) is 19.2 Å². The minimum absolute atomic E-state index is 0.00140. The molecule has 3 amide bonds. The van der Waals surface area contributed by atoms with Gasteiger partial charge in [0.25, 0.3) is 5.91 Å². The Balaban J connectivity index is 1.20. The molecule has 2 saturated carbocycles. The first kappa shape index (κ1) is 25.6. The average molecular weight is 552 g/mol. The van der Waals surface area contributed by atoms with Crippen molar-refractivity contribution in [2.45, 2.75) is 73.6 Å². The molecule has 4 aliphatic rings. The Kier molecular flexibility index (Phi) is 7.07. The van der Waals surface area contributed by atoms with Crippen LogP contribution in [-0.4, -0.2) is 69.3 Å². The molecule has 200 valence electrons. The van der Waals surface area contributed by atoms with E-state index in [9.17, 15) is 19.2 Å². The number of Topliss-reactive ketones (excluding diaryl/α,β-unsaturated/α-hetero) is 1. The fraction of sp³-hybridized carbons (Fsp3) is 0.517. The molecule has 9 heteroatoms. The molecule has 0 radical (unpaired) electrons. The van der Waals surface area contributed by atoms with Gasteiger partial charge in [0.1, 0.15) is 11.6 Å². The van der Waals surface area contributed by atoms with E-state index in [4.69, 9.17) is 0 Å². The zero-order valence-electron chi connectivity index (χ0n) is 21.3. The van der Waals surface area contributed by atoms with E-state index in [0.717, 1.165) is 31.4 Å². The van der Waals surface area contributed by atoms with Crippen LogP contribution in [0.5, 0.6) is 0 Å². The lowest BCUT2D eigenvalue weighted by atomic mass is 9.88. The van der Waals surface area contributed by atoms with Gasteiger partial charge in [-0.15, -0.1) is 0 Å². The first-order valence-corrected chi connectivity index (χ1v) is 15.6. The summed E-state index contributed by atoms with van der Waals surface area (Å²) in [5, 5.41) is 6.63. The molecule has 7 nitrogen and oxygen atoms in total. The standard InChI is InChI=1S/C29H33N3O4S2/c33-23-16-32(27(35)20-9-5-2-6-10-20)22-11-13-31(25(22)23)28(36)29(30-26(34)21-12-14-37-18-21)15-24(29)38-17-19-7-3-1-4-8-19/h1,3-4,7-8,12,14,18,20,22,24-25H,2,5-6,9-11,13,15-17H2,(H,30,34)/t22-,24?,25+,29?/m1/s1. The third kappa shape index (κ3) is 4.68. The Bertz CT molecular complexity index is 1210. The van der Waals surface area contributed by atoms with Crippen molar-refractivity contribution in [2.75, 3.05) is 13.1 Å². The normalized spacial score (nSPS) is 28.8. The molecule has 1 N–H and O–H groups in total. The molecule has 0 bridgehead atoms.